The summed E-state index contributed by atoms with van der Waals surface area (Å²) in [5, 5.41) is 9.08. The number of hydrogen-bond acceptors (Lipinski definition) is 5. The van der Waals surface area contributed by atoms with Gasteiger partial charge in [0.05, 0.1) is 16.8 Å². The van der Waals surface area contributed by atoms with Gasteiger partial charge in [0.1, 0.15) is 17.6 Å². The maximum absolute atomic E-state index is 11.7. The van der Waals surface area contributed by atoms with Crippen molar-refractivity contribution in [3.63, 3.8) is 0 Å². The molecule has 2 aromatic rings. The smallest absolute Gasteiger partial charge is 0.264 e. The number of carbonyl (C=O) groups is 1. The topological polar surface area (TPSA) is 96.3 Å². The summed E-state index contributed by atoms with van der Waals surface area (Å²) in [6.45, 7) is 0. The Morgan fingerprint density at radius 1 is 1.17 bits per heavy atom. The van der Waals surface area contributed by atoms with E-state index < -0.39 is 15.9 Å². The van der Waals surface area contributed by atoms with E-state index >= 15 is 0 Å². The quantitative estimate of drug-likeness (QED) is 0.914. The molecular weight excluding hydrogens is 340 g/mol. The molecule has 0 aliphatic rings. The van der Waals surface area contributed by atoms with Crippen LogP contribution in [0.4, 0.5) is 0 Å². The number of rotatable bonds is 4. The number of nitrogens with zero attached hydrogens (tertiary/aromatic N) is 1. The number of sulfonamides is 1. The number of hydrogen-bond donors (Lipinski definition) is 1. The third kappa shape index (κ3) is 4.71. The standard InChI is InChI=1S/C15H11ClN2O4S/c1-23(20,21)18-15(19)10-2-5-12(6-3-10)22-13-7-4-11(9-17)14(16)8-13/h2-8H,1H3,(H,18,19). The molecule has 0 bridgehead atoms. The third-order valence-corrected chi connectivity index (χ3v) is 3.56. The Morgan fingerprint density at radius 3 is 2.30 bits per heavy atom. The molecule has 0 atom stereocenters. The Morgan fingerprint density at radius 2 is 1.78 bits per heavy atom. The maximum Gasteiger partial charge on any atom is 0.264 e. The lowest BCUT2D eigenvalue weighted by atomic mass is 10.2. The van der Waals surface area contributed by atoms with Gasteiger partial charge in [-0.3, -0.25) is 4.79 Å². The molecule has 0 saturated heterocycles. The molecule has 0 aromatic heterocycles. The summed E-state index contributed by atoms with van der Waals surface area (Å²) in [6, 6.07) is 12.5. The van der Waals surface area contributed by atoms with Crippen LogP contribution in [-0.4, -0.2) is 20.6 Å². The predicted molar refractivity (Wildman–Crippen MR) is 85.0 cm³/mol. The second-order valence-corrected chi connectivity index (χ2v) is 6.74. The number of nitriles is 1. The molecule has 2 aromatic carbocycles. The molecule has 23 heavy (non-hydrogen) atoms. The van der Waals surface area contributed by atoms with Crippen molar-refractivity contribution in [1.82, 2.24) is 4.72 Å². The number of carbonyl (C=O) groups excluding carboxylic acids is 1. The van der Waals surface area contributed by atoms with Gasteiger partial charge in [0, 0.05) is 11.6 Å². The van der Waals surface area contributed by atoms with E-state index in [0.717, 1.165) is 6.26 Å². The van der Waals surface area contributed by atoms with Crippen LogP contribution in [0.1, 0.15) is 15.9 Å². The highest BCUT2D eigenvalue weighted by molar-refractivity contribution is 7.89. The molecule has 8 heteroatoms. The Hall–Kier alpha value is -2.56. The first-order valence-electron chi connectivity index (χ1n) is 6.28. The Balaban J connectivity index is 2.13. The molecule has 1 amide bonds. The summed E-state index contributed by atoms with van der Waals surface area (Å²) in [5.74, 6) is 0.143. The van der Waals surface area contributed by atoms with Crippen LogP contribution in [0.15, 0.2) is 42.5 Å². The summed E-state index contributed by atoms with van der Waals surface area (Å²) in [5.41, 5.74) is 0.521. The minimum Gasteiger partial charge on any atom is -0.457 e. The fourth-order valence-electron chi connectivity index (χ4n) is 1.69. The van der Waals surface area contributed by atoms with E-state index in [9.17, 15) is 13.2 Å². The van der Waals surface area contributed by atoms with Crippen LogP contribution < -0.4 is 9.46 Å². The summed E-state index contributed by atoms with van der Waals surface area (Å²) < 4.78 is 29.5. The zero-order valence-electron chi connectivity index (χ0n) is 11.9. The first kappa shape index (κ1) is 16.8. The van der Waals surface area contributed by atoms with Crippen molar-refractivity contribution in [2.24, 2.45) is 0 Å². The molecule has 0 fully saturated rings. The predicted octanol–water partition coefficient (Wildman–Crippen LogP) is 2.69. The fourth-order valence-corrected chi connectivity index (χ4v) is 2.36. The van der Waals surface area contributed by atoms with Crippen LogP contribution in [0.25, 0.3) is 0 Å². The van der Waals surface area contributed by atoms with E-state index in [0.29, 0.717) is 17.1 Å². The monoisotopic (exact) mass is 350 g/mol. The Kier molecular flexibility index (Phi) is 4.89. The summed E-state index contributed by atoms with van der Waals surface area (Å²) >= 11 is 5.91. The van der Waals surface area contributed by atoms with E-state index in [1.807, 2.05) is 10.8 Å². The van der Waals surface area contributed by atoms with Gasteiger partial charge in [-0.25, -0.2) is 13.1 Å². The Labute approximate surface area is 138 Å². The van der Waals surface area contributed by atoms with Gasteiger partial charge >= 0.3 is 0 Å². The lowest BCUT2D eigenvalue weighted by Gasteiger charge is -2.08. The first-order valence-corrected chi connectivity index (χ1v) is 8.55. The minimum atomic E-state index is -3.61. The van der Waals surface area contributed by atoms with Crippen LogP contribution in [0.2, 0.25) is 5.02 Å². The second-order valence-electron chi connectivity index (χ2n) is 4.58. The van der Waals surface area contributed by atoms with Crippen molar-refractivity contribution in [3.05, 3.63) is 58.6 Å². The van der Waals surface area contributed by atoms with Crippen molar-refractivity contribution in [1.29, 1.82) is 5.26 Å². The summed E-state index contributed by atoms with van der Waals surface area (Å²) in [6.07, 6.45) is 0.900. The third-order valence-electron chi connectivity index (χ3n) is 2.69. The SMILES string of the molecule is CS(=O)(=O)NC(=O)c1ccc(Oc2ccc(C#N)c(Cl)c2)cc1. The number of halogens is 1. The molecule has 0 saturated carbocycles. The van der Waals surface area contributed by atoms with Gasteiger partial charge in [-0.2, -0.15) is 5.26 Å². The van der Waals surface area contributed by atoms with Crippen molar-refractivity contribution >= 4 is 27.5 Å². The highest BCUT2D eigenvalue weighted by Gasteiger charge is 2.11. The van der Waals surface area contributed by atoms with Crippen molar-refractivity contribution in [2.75, 3.05) is 6.26 Å². The van der Waals surface area contributed by atoms with Crippen LogP contribution in [0, 0.1) is 11.3 Å². The molecule has 0 aliphatic heterocycles. The van der Waals surface area contributed by atoms with E-state index in [1.54, 1.807) is 6.07 Å². The minimum absolute atomic E-state index is 0.181. The van der Waals surface area contributed by atoms with Crippen LogP contribution in [0.3, 0.4) is 0 Å². The van der Waals surface area contributed by atoms with Gasteiger partial charge in [0.2, 0.25) is 10.0 Å². The average Bonchev–Trinajstić information content (AvgIpc) is 2.46. The lowest BCUT2D eigenvalue weighted by molar-refractivity contribution is 0.0981. The van der Waals surface area contributed by atoms with Crippen molar-refractivity contribution in [3.8, 4) is 17.6 Å². The van der Waals surface area contributed by atoms with Crippen LogP contribution >= 0.6 is 11.6 Å². The molecule has 1 N–H and O–H groups in total. The molecular formula is C15H11ClN2O4S. The van der Waals surface area contributed by atoms with E-state index in [-0.39, 0.29) is 10.6 Å². The molecule has 6 nitrogen and oxygen atoms in total. The molecule has 0 spiro atoms. The van der Waals surface area contributed by atoms with Gasteiger partial charge in [-0.15, -0.1) is 0 Å². The fraction of sp³-hybridized carbons (Fsp3) is 0.0667. The molecule has 0 heterocycles. The van der Waals surface area contributed by atoms with Gasteiger partial charge in [0.15, 0.2) is 0 Å². The zero-order valence-corrected chi connectivity index (χ0v) is 13.5. The molecule has 0 radical (unpaired) electrons. The molecule has 2 rings (SSSR count). The zero-order chi connectivity index (χ0) is 17.0. The number of nitrogens with one attached hydrogen (secondary N) is 1. The van der Waals surface area contributed by atoms with Crippen LogP contribution in [0.5, 0.6) is 11.5 Å². The molecule has 0 unspecified atom stereocenters. The van der Waals surface area contributed by atoms with Gasteiger partial charge in [-0.1, -0.05) is 11.6 Å². The largest absolute Gasteiger partial charge is 0.457 e. The molecule has 118 valence electrons. The van der Waals surface area contributed by atoms with Gasteiger partial charge in [-0.05, 0) is 36.4 Å². The highest BCUT2D eigenvalue weighted by atomic mass is 35.5. The van der Waals surface area contributed by atoms with Crippen molar-refractivity contribution in [2.45, 2.75) is 0 Å². The second kappa shape index (κ2) is 6.69. The molecule has 0 aliphatic carbocycles. The van der Waals surface area contributed by atoms with E-state index in [4.69, 9.17) is 21.6 Å². The van der Waals surface area contributed by atoms with Crippen molar-refractivity contribution < 1.29 is 17.9 Å². The lowest BCUT2D eigenvalue weighted by Crippen LogP contribution is -2.29. The van der Waals surface area contributed by atoms with E-state index in [2.05, 4.69) is 0 Å². The van der Waals surface area contributed by atoms with Gasteiger partial charge in [0.25, 0.3) is 5.91 Å². The Bertz CT molecular complexity index is 887. The first-order chi connectivity index (χ1) is 10.8. The van der Waals surface area contributed by atoms with Crippen LogP contribution in [-0.2, 0) is 10.0 Å². The summed E-state index contributed by atoms with van der Waals surface area (Å²) in [4.78, 5) is 11.7. The van der Waals surface area contributed by atoms with E-state index in [1.165, 1.54) is 36.4 Å². The highest BCUT2D eigenvalue weighted by Crippen LogP contribution is 2.26. The normalized spacial score (nSPS) is 10.7. The number of benzene rings is 2. The van der Waals surface area contributed by atoms with Gasteiger partial charge < -0.3 is 4.74 Å². The maximum atomic E-state index is 11.7. The average molecular weight is 351 g/mol. The number of amides is 1. The summed E-state index contributed by atoms with van der Waals surface area (Å²) in [7, 11) is -3.61. The number of ether oxygens (including phenoxy) is 1.